The molecule has 0 unspecified atom stereocenters. The molecular weight excluding hydrogens is 319 g/mol. The zero-order valence-electron chi connectivity index (χ0n) is 12.2. The normalized spacial score (nSPS) is 17.4. The number of carbonyl (C=O) groups is 2. The molecule has 1 saturated heterocycles. The molecule has 1 aromatic heterocycles. The second kappa shape index (κ2) is 6.45. The fraction of sp³-hybridized carbons (Fsp3) is 0.312. The van der Waals surface area contributed by atoms with Gasteiger partial charge in [0.05, 0.1) is 12.1 Å². The van der Waals surface area contributed by atoms with Gasteiger partial charge in [-0.15, -0.1) is 11.3 Å². The van der Waals surface area contributed by atoms with Gasteiger partial charge in [-0.25, -0.2) is 14.2 Å². The maximum Gasteiger partial charge on any atom is 0.326 e. The second-order valence-corrected chi connectivity index (χ2v) is 6.27. The van der Waals surface area contributed by atoms with Crippen molar-refractivity contribution in [3.05, 3.63) is 41.2 Å². The summed E-state index contributed by atoms with van der Waals surface area (Å²) in [5.41, 5.74) is 1.24. The highest BCUT2D eigenvalue weighted by Crippen LogP contribution is 2.25. The summed E-state index contributed by atoms with van der Waals surface area (Å²) in [6, 6.07) is 5.39. The Morgan fingerprint density at radius 3 is 3.00 bits per heavy atom. The number of hydrogen-bond donors (Lipinski definition) is 1. The molecule has 7 heteroatoms. The number of likely N-dealkylation sites (tertiary alicyclic amines) is 1. The molecule has 0 saturated carbocycles. The quantitative estimate of drug-likeness (QED) is 0.933. The molecule has 1 aliphatic heterocycles. The van der Waals surface area contributed by atoms with Crippen molar-refractivity contribution < 1.29 is 19.1 Å². The molecule has 1 fully saturated rings. The van der Waals surface area contributed by atoms with Gasteiger partial charge in [0.2, 0.25) is 5.91 Å². The number of carboxylic acids is 1. The number of amides is 1. The van der Waals surface area contributed by atoms with Crippen molar-refractivity contribution in [2.45, 2.75) is 25.3 Å². The third-order valence-corrected chi connectivity index (χ3v) is 4.75. The van der Waals surface area contributed by atoms with Crippen molar-refractivity contribution in [3.63, 3.8) is 0 Å². The van der Waals surface area contributed by atoms with Crippen molar-refractivity contribution in [3.8, 4) is 10.6 Å². The van der Waals surface area contributed by atoms with E-state index in [9.17, 15) is 14.0 Å². The maximum absolute atomic E-state index is 13.3. The topological polar surface area (TPSA) is 70.5 Å². The summed E-state index contributed by atoms with van der Waals surface area (Å²) in [6.07, 6.45) is 1.26. The smallest absolute Gasteiger partial charge is 0.326 e. The Morgan fingerprint density at radius 1 is 1.43 bits per heavy atom. The first-order valence-electron chi connectivity index (χ1n) is 7.27. The number of rotatable bonds is 4. The monoisotopic (exact) mass is 334 g/mol. The first kappa shape index (κ1) is 15.6. The number of nitrogens with zero attached hydrogens (tertiary/aromatic N) is 2. The van der Waals surface area contributed by atoms with Gasteiger partial charge in [-0.2, -0.15) is 0 Å². The van der Waals surface area contributed by atoms with E-state index >= 15 is 0 Å². The minimum Gasteiger partial charge on any atom is -0.480 e. The van der Waals surface area contributed by atoms with Crippen LogP contribution in [0.4, 0.5) is 4.39 Å². The fourth-order valence-corrected chi connectivity index (χ4v) is 3.54. The summed E-state index contributed by atoms with van der Waals surface area (Å²) in [5, 5.41) is 11.5. The molecule has 0 spiro atoms. The van der Waals surface area contributed by atoms with E-state index in [1.807, 2.05) is 0 Å². The first-order chi connectivity index (χ1) is 11.0. The third-order valence-electron chi connectivity index (χ3n) is 3.81. The third kappa shape index (κ3) is 3.39. The van der Waals surface area contributed by atoms with Crippen LogP contribution in [-0.4, -0.2) is 39.5 Å². The van der Waals surface area contributed by atoms with Gasteiger partial charge in [-0.1, -0.05) is 12.1 Å². The molecule has 0 radical (unpaired) electrons. The van der Waals surface area contributed by atoms with Gasteiger partial charge in [0.15, 0.2) is 0 Å². The SMILES string of the molecule is O=C(O)[C@H]1CCCN1C(=O)Cc1csc(-c2cccc(F)c2)n1. The lowest BCUT2D eigenvalue weighted by Gasteiger charge is -2.20. The lowest BCUT2D eigenvalue weighted by molar-refractivity contribution is -0.148. The van der Waals surface area contributed by atoms with E-state index < -0.39 is 12.0 Å². The molecule has 0 aliphatic carbocycles. The summed E-state index contributed by atoms with van der Waals surface area (Å²) < 4.78 is 13.3. The first-order valence-corrected chi connectivity index (χ1v) is 8.15. The Hall–Kier alpha value is -2.28. The molecule has 1 atom stereocenters. The number of aliphatic carboxylic acids is 1. The minimum atomic E-state index is -0.963. The Morgan fingerprint density at radius 2 is 2.26 bits per heavy atom. The molecule has 1 aliphatic rings. The largest absolute Gasteiger partial charge is 0.480 e. The van der Waals surface area contributed by atoms with Crippen LogP contribution in [0, 0.1) is 5.82 Å². The summed E-state index contributed by atoms with van der Waals surface area (Å²) in [5.74, 6) is -1.53. The van der Waals surface area contributed by atoms with Crippen molar-refractivity contribution in [2.75, 3.05) is 6.54 Å². The Kier molecular flexibility index (Phi) is 4.38. The number of aromatic nitrogens is 1. The van der Waals surface area contributed by atoms with E-state index in [0.29, 0.717) is 35.7 Å². The molecule has 120 valence electrons. The van der Waals surface area contributed by atoms with Gasteiger partial charge < -0.3 is 10.0 Å². The van der Waals surface area contributed by atoms with E-state index in [-0.39, 0.29) is 18.1 Å². The lowest BCUT2D eigenvalue weighted by Crippen LogP contribution is -2.41. The molecule has 2 aromatic rings. The molecule has 1 aromatic carbocycles. The van der Waals surface area contributed by atoms with Gasteiger partial charge in [0.1, 0.15) is 16.9 Å². The zero-order valence-corrected chi connectivity index (χ0v) is 13.1. The van der Waals surface area contributed by atoms with E-state index in [1.165, 1.54) is 28.4 Å². The van der Waals surface area contributed by atoms with Crippen molar-refractivity contribution in [1.29, 1.82) is 0 Å². The van der Waals surface area contributed by atoms with E-state index in [4.69, 9.17) is 5.11 Å². The predicted octanol–water partition coefficient (Wildman–Crippen LogP) is 2.57. The van der Waals surface area contributed by atoms with Gasteiger partial charge >= 0.3 is 5.97 Å². The molecule has 0 bridgehead atoms. The van der Waals surface area contributed by atoms with Crippen LogP contribution in [0.1, 0.15) is 18.5 Å². The average Bonchev–Trinajstić information content (AvgIpc) is 3.16. The number of carboxylic acid groups (broad SMARTS) is 1. The van der Waals surface area contributed by atoms with Crippen LogP contribution in [0.2, 0.25) is 0 Å². The second-order valence-electron chi connectivity index (χ2n) is 5.41. The van der Waals surface area contributed by atoms with Crippen LogP contribution >= 0.6 is 11.3 Å². The Balaban J connectivity index is 1.72. The Bertz CT molecular complexity index is 746. The maximum atomic E-state index is 13.3. The average molecular weight is 334 g/mol. The van der Waals surface area contributed by atoms with Crippen LogP contribution in [0.3, 0.4) is 0 Å². The molecule has 5 nitrogen and oxygen atoms in total. The standard InChI is InChI=1S/C16H15FN2O3S/c17-11-4-1-3-10(7-11)15-18-12(9-23-15)8-14(20)19-6-2-5-13(19)16(21)22/h1,3-4,7,9,13H,2,5-6,8H2,(H,21,22)/t13-/m1/s1. The molecule has 23 heavy (non-hydrogen) atoms. The number of thiazole rings is 1. The molecular formula is C16H15FN2O3S. The number of carbonyl (C=O) groups excluding carboxylic acids is 1. The van der Waals surface area contributed by atoms with Gasteiger partial charge in [-0.05, 0) is 25.0 Å². The summed E-state index contributed by atoms with van der Waals surface area (Å²) in [4.78, 5) is 29.2. The van der Waals surface area contributed by atoms with Gasteiger partial charge in [0.25, 0.3) is 0 Å². The van der Waals surface area contributed by atoms with E-state index in [0.717, 1.165) is 0 Å². The molecule has 1 amide bonds. The van der Waals surface area contributed by atoms with Gasteiger partial charge in [0, 0.05) is 17.5 Å². The molecule has 3 rings (SSSR count). The summed E-state index contributed by atoms with van der Waals surface area (Å²) >= 11 is 1.34. The fourth-order valence-electron chi connectivity index (χ4n) is 2.72. The highest BCUT2D eigenvalue weighted by Gasteiger charge is 2.33. The van der Waals surface area contributed by atoms with Crippen LogP contribution in [0.25, 0.3) is 10.6 Å². The van der Waals surface area contributed by atoms with E-state index in [2.05, 4.69) is 4.98 Å². The number of benzene rings is 1. The van der Waals surface area contributed by atoms with E-state index in [1.54, 1.807) is 17.5 Å². The van der Waals surface area contributed by atoms with Crippen LogP contribution in [0.15, 0.2) is 29.6 Å². The molecule has 2 heterocycles. The van der Waals surface area contributed by atoms with Crippen LogP contribution in [-0.2, 0) is 16.0 Å². The zero-order chi connectivity index (χ0) is 16.4. The van der Waals surface area contributed by atoms with Crippen LogP contribution < -0.4 is 0 Å². The predicted molar refractivity (Wildman–Crippen MR) is 83.6 cm³/mol. The number of halogens is 1. The van der Waals surface area contributed by atoms with Crippen molar-refractivity contribution in [2.24, 2.45) is 0 Å². The molecule has 1 N–H and O–H groups in total. The lowest BCUT2D eigenvalue weighted by atomic mass is 10.2. The Labute approximate surface area is 136 Å². The highest BCUT2D eigenvalue weighted by atomic mass is 32.1. The highest BCUT2D eigenvalue weighted by molar-refractivity contribution is 7.13. The number of hydrogen-bond acceptors (Lipinski definition) is 4. The van der Waals surface area contributed by atoms with Crippen LogP contribution in [0.5, 0.6) is 0 Å². The van der Waals surface area contributed by atoms with Crippen molar-refractivity contribution >= 4 is 23.2 Å². The van der Waals surface area contributed by atoms with Crippen molar-refractivity contribution in [1.82, 2.24) is 9.88 Å². The summed E-state index contributed by atoms with van der Waals surface area (Å²) in [6.45, 7) is 0.469. The summed E-state index contributed by atoms with van der Waals surface area (Å²) in [7, 11) is 0. The van der Waals surface area contributed by atoms with Gasteiger partial charge in [-0.3, -0.25) is 4.79 Å². The minimum absolute atomic E-state index is 0.0651.